The number of carbonyl (C=O) groups is 2. The van der Waals surface area contributed by atoms with Crippen LogP contribution in [0.3, 0.4) is 0 Å². The lowest BCUT2D eigenvalue weighted by Gasteiger charge is -2.27. The molecule has 9 heteroatoms. The van der Waals surface area contributed by atoms with Gasteiger partial charge >= 0.3 is 11.9 Å². The van der Waals surface area contributed by atoms with Gasteiger partial charge in [-0.1, -0.05) is 11.6 Å². The summed E-state index contributed by atoms with van der Waals surface area (Å²) in [6.07, 6.45) is -0.322. The average molecular weight is 284 g/mol. The van der Waals surface area contributed by atoms with Crippen LogP contribution in [0.25, 0.3) is 0 Å². The lowest BCUT2D eigenvalue weighted by Crippen LogP contribution is -2.44. The Morgan fingerprint density at radius 3 is 2.29 bits per heavy atom. The monoisotopic (exact) mass is 283 g/mol. The van der Waals surface area contributed by atoms with Gasteiger partial charge in [-0.3, -0.25) is 14.9 Å². The summed E-state index contributed by atoms with van der Waals surface area (Å²) in [5.41, 5.74) is -0.411. The quantitative estimate of drug-likeness (QED) is 0.452. The number of carboxylic acid groups (broad SMARTS) is 2. The average Bonchev–Trinajstić information content (AvgIpc) is 2.18. The van der Waals surface area contributed by atoms with Gasteiger partial charge in [0.15, 0.2) is 0 Å². The molecule has 0 heterocycles. The van der Waals surface area contributed by atoms with Crippen LogP contribution in [0.5, 0.6) is 0 Å². The maximum absolute atomic E-state index is 10.9. The summed E-state index contributed by atoms with van der Waals surface area (Å²) in [5.74, 6) is -4.45. The van der Waals surface area contributed by atoms with Crippen LogP contribution in [-0.2, 0) is 9.59 Å². The molecule has 0 aromatic heterocycles. The van der Waals surface area contributed by atoms with Crippen molar-refractivity contribution < 1.29 is 24.7 Å². The van der Waals surface area contributed by atoms with Gasteiger partial charge in [0.1, 0.15) is 11.0 Å². The number of carboxylic acids is 2. The highest BCUT2D eigenvalue weighted by molar-refractivity contribution is 6.33. The molecule has 3 atom stereocenters. The third kappa shape index (κ3) is 2.50. The molecule has 1 aliphatic rings. The molecule has 1 rings (SSSR count). The highest BCUT2D eigenvalue weighted by Gasteiger charge is 2.50. The zero-order valence-corrected chi connectivity index (χ0v) is 9.68. The second-order valence-corrected chi connectivity index (χ2v) is 4.41. The minimum absolute atomic E-state index is 0.322. The van der Waals surface area contributed by atoms with Crippen molar-refractivity contribution in [2.45, 2.75) is 17.8 Å². The van der Waals surface area contributed by atoms with Gasteiger partial charge in [-0.05, 0) is 6.42 Å². The van der Waals surface area contributed by atoms with E-state index in [1.807, 2.05) is 0 Å². The van der Waals surface area contributed by atoms with E-state index in [1.54, 1.807) is 0 Å². The molecule has 1 aliphatic carbocycles. The van der Waals surface area contributed by atoms with Gasteiger partial charge in [-0.2, -0.15) is 0 Å². The number of nitrogens with zero attached hydrogens (tertiary/aromatic N) is 1. The van der Waals surface area contributed by atoms with E-state index in [1.165, 1.54) is 0 Å². The number of hydrogen-bond acceptors (Lipinski definition) is 4. The summed E-state index contributed by atoms with van der Waals surface area (Å²) in [6, 6.07) is -1.82. The Morgan fingerprint density at radius 1 is 1.41 bits per heavy atom. The lowest BCUT2D eigenvalue weighted by atomic mass is 9.85. The van der Waals surface area contributed by atoms with Gasteiger partial charge in [0, 0.05) is 4.92 Å². The van der Waals surface area contributed by atoms with Gasteiger partial charge in [-0.15, -0.1) is 11.6 Å². The molecule has 0 bridgehead atoms. The number of nitro groups is 1. The first-order valence-corrected chi connectivity index (χ1v) is 5.21. The molecule has 0 saturated carbocycles. The molecule has 0 amide bonds. The highest BCUT2D eigenvalue weighted by Crippen LogP contribution is 2.37. The van der Waals surface area contributed by atoms with E-state index in [2.05, 4.69) is 0 Å². The summed E-state index contributed by atoms with van der Waals surface area (Å²) < 4.78 is 0. The Bertz CT molecular complexity index is 420. The second kappa shape index (κ2) is 4.89. The van der Waals surface area contributed by atoms with E-state index in [0.717, 1.165) is 0 Å². The minimum atomic E-state index is -1.82. The largest absolute Gasteiger partial charge is 0.481 e. The summed E-state index contributed by atoms with van der Waals surface area (Å²) in [4.78, 5) is 31.5. The molecule has 3 unspecified atom stereocenters. The SMILES string of the molecule is O=C(O)C1=C(Cl)C([N+](=O)[O-])C(C(=O)O)C(Cl)C1. The Hall–Kier alpha value is -1.34. The van der Waals surface area contributed by atoms with Crippen molar-refractivity contribution in [1.82, 2.24) is 0 Å². The molecular weight excluding hydrogens is 277 g/mol. The van der Waals surface area contributed by atoms with Crippen molar-refractivity contribution in [1.29, 1.82) is 0 Å². The minimum Gasteiger partial charge on any atom is -0.481 e. The summed E-state index contributed by atoms with van der Waals surface area (Å²) >= 11 is 11.3. The van der Waals surface area contributed by atoms with Crippen molar-refractivity contribution in [2.24, 2.45) is 5.92 Å². The van der Waals surface area contributed by atoms with Gasteiger partial charge in [0.2, 0.25) is 0 Å². The molecule has 0 spiro atoms. The van der Waals surface area contributed by atoms with Gasteiger partial charge in [0.05, 0.1) is 11.0 Å². The van der Waals surface area contributed by atoms with Crippen molar-refractivity contribution in [3.8, 4) is 0 Å². The Kier molecular flexibility index (Phi) is 3.94. The molecule has 0 saturated heterocycles. The van der Waals surface area contributed by atoms with E-state index in [9.17, 15) is 19.7 Å². The van der Waals surface area contributed by atoms with Crippen molar-refractivity contribution >= 4 is 35.1 Å². The molecule has 17 heavy (non-hydrogen) atoms. The summed E-state index contributed by atoms with van der Waals surface area (Å²) in [7, 11) is 0. The molecule has 0 fully saturated rings. The smallest absolute Gasteiger partial charge is 0.333 e. The summed E-state index contributed by atoms with van der Waals surface area (Å²) in [6.45, 7) is 0. The number of hydrogen-bond donors (Lipinski definition) is 2. The zero-order valence-electron chi connectivity index (χ0n) is 8.17. The van der Waals surface area contributed by atoms with Gasteiger partial charge in [0.25, 0.3) is 6.04 Å². The van der Waals surface area contributed by atoms with E-state index in [0.29, 0.717) is 0 Å². The molecule has 7 nitrogen and oxygen atoms in total. The third-order valence-corrected chi connectivity index (χ3v) is 3.32. The highest BCUT2D eigenvalue weighted by atomic mass is 35.5. The normalized spacial score (nSPS) is 28.9. The maximum atomic E-state index is 10.9. The first kappa shape index (κ1) is 13.7. The number of rotatable bonds is 3. The van der Waals surface area contributed by atoms with Gasteiger partial charge < -0.3 is 10.2 Å². The van der Waals surface area contributed by atoms with Gasteiger partial charge in [-0.25, -0.2) is 4.79 Å². The number of aliphatic carboxylic acids is 2. The zero-order chi connectivity index (χ0) is 13.3. The van der Waals surface area contributed by atoms with Crippen molar-refractivity contribution in [2.75, 3.05) is 0 Å². The molecule has 0 aromatic rings. The predicted molar refractivity (Wildman–Crippen MR) is 56.7 cm³/mol. The van der Waals surface area contributed by atoms with Crippen LogP contribution >= 0.6 is 23.2 Å². The van der Waals surface area contributed by atoms with Crippen LogP contribution in [0.15, 0.2) is 10.6 Å². The number of halogens is 2. The topological polar surface area (TPSA) is 118 Å². The Labute approximate surface area is 105 Å². The van der Waals surface area contributed by atoms with Crippen molar-refractivity contribution in [3.05, 3.63) is 20.7 Å². The molecule has 0 aromatic carbocycles. The Balaban J connectivity index is 3.30. The number of alkyl halides is 1. The second-order valence-electron chi connectivity index (χ2n) is 3.45. The van der Waals surface area contributed by atoms with Crippen LogP contribution in [-0.4, -0.2) is 38.5 Å². The first-order chi connectivity index (χ1) is 7.77. The molecule has 0 aliphatic heterocycles. The molecular formula is C8H7Cl2NO6. The molecule has 94 valence electrons. The standard InChI is InChI=1S/C8H7Cl2NO6/c9-3-1-2(7(12)13)5(10)6(11(16)17)4(3)8(14)15/h3-4,6H,1H2,(H,12,13)(H,14,15). The van der Waals surface area contributed by atoms with E-state index in [4.69, 9.17) is 33.4 Å². The van der Waals surface area contributed by atoms with Crippen LogP contribution < -0.4 is 0 Å². The fourth-order valence-corrected chi connectivity index (χ4v) is 2.43. The van der Waals surface area contributed by atoms with E-state index >= 15 is 0 Å². The van der Waals surface area contributed by atoms with Crippen LogP contribution in [0.2, 0.25) is 0 Å². The lowest BCUT2D eigenvalue weighted by molar-refractivity contribution is -0.518. The molecule has 0 radical (unpaired) electrons. The fraction of sp³-hybridized carbons (Fsp3) is 0.500. The van der Waals surface area contributed by atoms with Crippen LogP contribution in [0.1, 0.15) is 6.42 Å². The predicted octanol–water partition coefficient (Wildman–Crippen LogP) is 0.921. The Morgan fingerprint density at radius 2 is 1.94 bits per heavy atom. The van der Waals surface area contributed by atoms with Crippen LogP contribution in [0, 0.1) is 16.0 Å². The summed E-state index contributed by atoms with van der Waals surface area (Å²) in [5, 5.41) is 26.6. The fourth-order valence-electron chi connectivity index (χ4n) is 1.66. The third-order valence-electron chi connectivity index (χ3n) is 2.45. The van der Waals surface area contributed by atoms with Crippen molar-refractivity contribution in [3.63, 3.8) is 0 Å². The maximum Gasteiger partial charge on any atom is 0.333 e. The van der Waals surface area contributed by atoms with E-state index in [-0.39, 0.29) is 6.42 Å². The first-order valence-electron chi connectivity index (χ1n) is 4.39. The van der Waals surface area contributed by atoms with E-state index < -0.39 is 44.8 Å². The molecule has 2 N–H and O–H groups in total. The van der Waals surface area contributed by atoms with Crippen LogP contribution in [0.4, 0.5) is 0 Å².